The van der Waals surface area contributed by atoms with Crippen LogP contribution >= 0.6 is 23.8 Å². The molecule has 2 aromatic carbocycles. The Morgan fingerprint density at radius 1 is 1.14 bits per heavy atom. The molecule has 2 aromatic rings. The van der Waals surface area contributed by atoms with E-state index in [1.54, 1.807) is 0 Å². The van der Waals surface area contributed by atoms with Crippen molar-refractivity contribution < 1.29 is 0 Å². The van der Waals surface area contributed by atoms with Gasteiger partial charge in [-0.3, -0.25) is 0 Å². The van der Waals surface area contributed by atoms with Gasteiger partial charge < -0.3 is 10.2 Å². The van der Waals surface area contributed by atoms with Crippen molar-refractivity contribution in [1.82, 2.24) is 4.90 Å². The summed E-state index contributed by atoms with van der Waals surface area (Å²) < 4.78 is 0. The first-order chi connectivity index (χ1) is 9.97. The van der Waals surface area contributed by atoms with Crippen molar-refractivity contribution in [2.75, 3.05) is 12.4 Å². The number of rotatable bonds is 3. The van der Waals surface area contributed by atoms with Gasteiger partial charge in [-0.15, -0.1) is 0 Å². The molecule has 0 saturated heterocycles. The molecule has 0 aliphatic rings. The molecule has 0 amide bonds. The summed E-state index contributed by atoms with van der Waals surface area (Å²) in [5, 5.41) is 4.77. The van der Waals surface area contributed by atoms with E-state index in [-0.39, 0.29) is 0 Å². The molecule has 0 saturated carbocycles. The molecule has 0 aliphatic carbocycles. The predicted molar refractivity (Wildman–Crippen MR) is 95.1 cm³/mol. The van der Waals surface area contributed by atoms with Gasteiger partial charge in [-0.1, -0.05) is 35.9 Å². The van der Waals surface area contributed by atoms with Gasteiger partial charge in [0.25, 0.3) is 0 Å². The van der Waals surface area contributed by atoms with E-state index in [0.29, 0.717) is 5.11 Å². The van der Waals surface area contributed by atoms with Crippen LogP contribution in [0.25, 0.3) is 0 Å². The van der Waals surface area contributed by atoms with Gasteiger partial charge in [0.15, 0.2) is 5.11 Å². The third-order valence-electron chi connectivity index (χ3n) is 3.53. The highest BCUT2D eigenvalue weighted by molar-refractivity contribution is 7.80. The molecular formula is C17H19ClN2S. The summed E-state index contributed by atoms with van der Waals surface area (Å²) in [6.45, 7) is 4.94. The smallest absolute Gasteiger partial charge is 0.173 e. The zero-order valence-electron chi connectivity index (χ0n) is 12.5. The topological polar surface area (TPSA) is 15.3 Å². The van der Waals surface area contributed by atoms with Crippen LogP contribution in [0.5, 0.6) is 0 Å². The first-order valence-corrected chi connectivity index (χ1v) is 7.59. The van der Waals surface area contributed by atoms with E-state index < -0.39 is 0 Å². The summed E-state index contributed by atoms with van der Waals surface area (Å²) in [5.41, 5.74) is 4.71. The van der Waals surface area contributed by atoms with Gasteiger partial charge in [-0.25, -0.2) is 0 Å². The molecule has 2 rings (SSSR count). The number of anilines is 1. The lowest BCUT2D eigenvalue weighted by atomic mass is 10.1. The first-order valence-electron chi connectivity index (χ1n) is 6.80. The highest BCUT2D eigenvalue weighted by Crippen LogP contribution is 2.19. The summed E-state index contributed by atoms with van der Waals surface area (Å²) in [5.74, 6) is 0. The molecule has 0 radical (unpaired) electrons. The largest absolute Gasteiger partial charge is 0.348 e. The van der Waals surface area contributed by atoms with Gasteiger partial charge in [0, 0.05) is 24.3 Å². The van der Waals surface area contributed by atoms with E-state index in [2.05, 4.69) is 25.2 Å². The second kappa shape index (κ2) is 6.92. The molecule has 0 heterocycles. The van der Waals surface area contributed by atoms with Gasteiger partial charge in [-0.05, 0) is 61.0 Å². The molecule has 21 heavy (non-hydrogen) atoms. The lowest BCUT2D eigenvalue weighted by molar-refractivity contribution is 0.508. The fraction of sp³-hybridized carbons (Fsp3) is 0.235. The Kier molecular flexibility index (Phi) is 5.21. The summed E-state index contributed by atoms with van der Waals surface area (Å²) in [4.78, 5) is 2.01. The first kappa shape index (κ1) is 15.8. The van der Waals surface area contributed by atoms with Crippen LogP contribution in [0.4, 0.5) is 5.69 Å². The second-order valence-corrected chi connectivity index (χ2v) is 5.98. The number of aryl methyl sites for hydroxylation is 1. The average Bonchev–Trinajstić information content (AvgIpc) is 2.46. The van der Waals surface area contributed by atoms with Gasteiger partial charge in [0.2, 0.25) is 0 Å². The quantitative estimate of drug-likeness (QED) is 0.819. The van der Waals surface area contributed by atoms with Gasteiger partial charge in [0.1, 0.15) is 0 Å². The number of hydrogen-bond acceptors (Lipinski definition) is 1. The van der Waals surface area contributed by atoms with Crippen LogP contribution in [0.3, 0.4) is 0 Å². The molecule has 1 N–H and O–H groups in total. The van der Waals surface area contributed by atoms with Crippen molar-refractivity contribution in [3.8, 4) is 0 Å². The van der Waals surface area contributed by atoms with E-state index in [0.717, 1.165) is 17.3 Å². The second-order valence-electron chi connectivity index (χ2n) is 5.16. The van der Waals surface area contributed by atoms with Crippen molar-refractivity contribution in [2.24, 2.45) is 0 Å². The Morgan fingerprint density at radius 3 is 2.48 bits per heavy atom. The lowest BCUT2D eigenvalue weighted by Gasteiger charge is -2.22. The monoisotopic (exact) mass is 318 g/mol. The third kappa shape index (κ3) is 4.19. The maximum atomic E-state index is 5.90. The van der Waals surface area contributed by atoms with Crippen LogP contribution in [0.1, 0.15) is 16.7 Å². The van der Waals surface area contributed by atoms with Gasteiger partial charge >= 0.3 is 0 Å². The van der Waals surface area contributed by atoms with Crippen LogP contribution in [-0.4, -0.2) is 17.1 Å². The van der Waals surface area contributed by atoms with Crippen molar-refractivity contribution in [1.29, 1.82) is 0 Å². The summed E-state index contributed by atoms with van der Waals surface area (Å²) in [6.07, 6.45) is 0. The molecule has 0 atom stereocenters. The van der Waals surface area contributed by atoms with Crippen LogP contribution < -0.4 is 5.32 Å². The molecule has 0 aromatic heterocycles. The molecule has 0 aliphatic heterocycles. The van der Waals surface area contributed by atoms with Gasteiger partial charge in [0.05, 0.1) is 0 Å². The molecule has 0 fully saturated rings. The maximum Gasteiger partial charge on any atom is 0.173 e. The van der Waals surface area contributed by atoms with E-state index in [4.69, 9.17) is 23.8 Å². The minimum atomic E-state index is 0.707. The van der Waals surface area contributed by atoms with Gasteiger partial charge in [-0.2, -0.15) is 0 Å². The minimum Gasteiger partial charge on any atom is -0.348 e. The Hall–Kier alpha value is -1.58. The zero-order valence-corrected chi connectivity index (χ0v) is 14.1. The van der Waals surface area contributed by atoms with Crippen molar-refractivity contribution >= 4 is 34.6 Å². The fourth-order valence-corrected chi connectivity index (χ4v) is 2.33. The molecule has 2 nitrogen and oxygen atoms in total. The number of thiocarbonyl (C=S) groups is 1. The van der Waals surface area contributed by atoms with Crippen molar-refractivity contribution in [3.05, 3.63) is 64.2 Å². The molecule has 0 bridgehead atoms. The van der Waals surface area contributed by atoms with E-state index >= 15 is 0 Å². The fourth-order valence-electron chi connectivity index (χ4n) is 2.03. The number of nitrogens with one attached hydrogen (secondary N) is 1. The van der Waals surface area contributed by atoms with Crippen LogP contribution in [0.15, 0.2) is 42.5 Å². The predicted octanol–water partition coefficient (Wildman–Crippen LogP) is 4.79. The number of nitrogens with zero attached hydrogens (tertiary/aromatic N) is 1. The average molecular weight is 319 g/mol. The van der Waals surface area contributed by atoms with Crippen molar-refractivity contribution in [3.63, 3.8) is 0 Å². The summed E-state index contributed by atoms with van der Waals surface area (Å²) in [6, 6.07) is 14.0. The Morgan fingerprint density at radius 2 is 1.81 bits per heavy atom. The van der Waals surface area contributed by atoms with E-state index in [1.165, 1.54) is 16.7 Å². The summed E-state index contributed by atoms with van der Waals surface area (Å²) in [7, 11) is 1.98. The van der Waals surface area contributed by atoms with Crippen LogP contribution in [-0.2, 0) is 6.54 Å². The number of halogens is 1. The molecule has 4 heteroatoms. The Labute approximate surface area is 136 Å². The molecule has 0 unspecified atom stereocenters. The normalized spacial score (nSPS) is 10.3. The molecular weight excluding hydrogens is 300 g/mol. The van der Waals surface area contributed by atoms with E-state index in [9.17, 15) is 0 Å². The third-order valence-corrected chi connectivity index (χ3v) is 4.19. The Bertz CT molecular complexity index is 638. The Balaban J connectivity index is 2.02. The number of hydrogen-bond donors (Lipinski definition) is 1. The summed E-state index contributed by atoms with van der Waals surface area (Å²) >= 11 is 11.4. The van der Waals surface area contributed by atoms with Crippen LogP contribution in [0.2, 0.25) is 5.02 Å². The highest BCUT2D eigenvalue weighted by atomic mass is 35.5. The minimum absolute atomic E-state index is 0.707. The SMILES string of the molecule is Cc1cccc(NC(=S)N(C)Cc2ccc(Cl)cc2)c1C. The standard InChI is InChI=1S/C17H19ClN2S/c1-12-5-4-6-16(13(12)2)19-17(21)20(3)11-14-7-9-15(18)10-8-14/h4-10H,11H2,1-3H3,(H,19,21). The number of benzene rings is 2. The van der Waals surface area contributed by atoms with Crippen molar-refractivity contribution in [2.45, 2.75) is 20.4 Å². The lowest BCUT2D eigenvalue weighted by Crippen LogP contribution is -2.30. The molecule has 110 valence electrons. The van der Waals surface area contributed by atoms with E-state index in [1.807, 2.05) is 48.3 Å². The zero-order chi connectivity index (χ0) is 15.4. The highest BCUT2D eigenvalue weighted by Gasteiger charge is 2.08. The van der Waals surface area contributed by atoms with Crippen LogP contribution in [0, 0.1) is 13.8 Å². The maximum absolute atomic E-state index is 5.90. The molecule has 0 spiro atoms.